The standard InChI is InChI=1S/C12H15F2NO2S/c1-7(11(6-16)18-2)15-12(17)8-3-9(13)5-10(14)4-8/h3-5,7,11,16H,6H2,1-2H3,(H,15,17). The maximum Gasteiger partial charge on any atom is 0.251 e. The number of aliphatic hydroxyl groups excluding tert-OH is 1. The quantitative estimate of drug-likeness (QED) is 0.861. The topological polar surface area (TPSA) is 49.3 Å². The third kappa shape index (κ3) is 3.96. The minimum absolute atomic E-state index is 0.0721. The Labute approximate surface area is 109 Å². The molecule has 0 aliphatic carbocycles. The molecule has 2 unspecified atom stereocenters. The van der Waals surface area contributed by atoms with Crippen molar-refractivity contribution >= 4 is 17.7 Å². The Hall–Kier alpha value is -1.14. The van der Waals surface area contributed by atoms with Gasteiger partial charge < -0.3 is 10.4 Å². The monoisotopic (exact) mass is 275 g/mol. The van der Waals surface area contributed by atoms with Crippen molar-refractivity contribution in [1.29, 1.82) is 0 Å². The molecule has 0 aliphatic heterocycles. The Morgan fingerprint density at radius 1 is 1.39 bits per heavy atom. The van der Waals surface area contributed by atoms with E-state index in [1.165, 1.54) is 11.8 Å². The number of thioether (sulfide) groups is 1. The molecule has 1 aromatic carbocycles. The van der Waals surface area contributed by atoms with Crippen molar-refractivity contribution < 1.29 is 18.7 Å². The second-order valence-corrected chi connectivity index (χ2v) is 4.95. The molecule has 0 aliphatic rings. The lowest BCUT2D eigenvalue weighted by molar-refractivity contribution is 0.0935. The summed E-state index contributed by atoms with van der Waals surface area (Å²) in [5.74, 6) is -2.15. The van der Waals surface area contributed by atoms with Crippen molar-refractivity contribution in [2.24, 2.45) is 0 Å². The van der Waals surface area contributed by atoms with E-state index in [9.17, 15) is 13.6 Å². The Bertz CT molecular complexity index is 404. The molecule has 0 fully saturated rings. The molecule has 2 N–H and O–H groups in total. The van der Waals surface area contributed by atoms with Crippen LogP contribution >= 0.6 is 11.8 Å². The van der Waals surface area contributed by atoms with Crippen LogP contribution in [0.4, 0.5) is 8.78 Å². The third-order valence-corrected chi connectivity index (χ3v) is 3.69. The van der Waals surface area contributed by atoms with Gasteiger partial charge in [0, 0.05) is 22.9 Å². The molecule has 3 nitrogen and oxygen atoms in total. The molecular weight excluding hydrogens is 260 g/mol. The lowest BCUT2D eigenvalue weighted by Gasteiger charge is -2.21. The van der Waals surface area contributed by atoms with E-state index in [4.69, 9.17) is 5.11 Å². The van der Waals surface area contributed by atoms with E-state index in [1.54, 1.807) is 6.92 Å². The van der Waals surface area contributed by atoms with Gasteiger partial charge in [-0.05, 0) is 25.3 Å². The van der Waals surface area contributed by atoms with Crippen LogP contribution in [-0.2, 0) is 0 Å². The third-order valence-electron chi connectivity index (χ3n) is 2.52. The highest BCUT2D eigenvalue weighted by atomic mass is 32.2. The van der Waals surface area contributed by atoms with Crippen molar-refractivity contribution in [2.75, 3.05) is 12.9 Å². The van der Waals surface area contributed by atoms with E-state index in [-0.39, 0.29) is 23.5 Å². The number of halogens is 2. The van der Waals surface area contributed by atoms with Crippen molar-refractivity contribution in [2.45, 2.75) is 18.2 Å². The fraction of sp³-hybridized carbons (Fsp3) is 0.417. The Balaban J connectivity index is 2.76. The fourth-order valence-corrected chi connectivity index (χ4v) is 2.13. The number of rotatable bonds is 5. The number of benzene rings is 1. The van der Waals surface area contributed by atoms with Gasteiger partial charge in [0.1, 0.15) is 11.6 Å². The first-order chi connectivity index (χ1) is 8.47. The van der Waals surface area contributed by atoms with Gasteiger partial charge in [0.05, 0.1) is 6.61 Å². The van der Waals surface area contributed by atoms with Gasteiger partial charge in [0.15, 0.2) is 0 Å². The predicted octanol–water partition coefficient (Wildman–Crippen LogP) is 1.81. The van der Waals surface area contributed by atoms with E-state index >= 15 is 0 Å². The molecule has 100 valence electrons. The zero-order chi connectivity index (χ0) is 13.7. The average Bonchev–Trinajstić information content (AvgIpc) is 2.29. The van der Waals surface area contributed by atoms with Crippen LogP contribution in [0.5, 0.6) is 0 Å². The summed E-state index contributed by atoms with van der Waals surface area (Å²) in [5.41, 5.74) is -0.0721. The SMILES string of the molecule is CSC(CO)C(C)NC(=O)c1cc(F)cc(F)c1. The first-order valence-corrected chi connectivity index (χ1v) is 6.67. The Morgan fingerprint density at radius 2 is 1.94 bits per heavy atom. The van der Waals surface area contributed by atoms with Crippen LogP contribution in [0.2, 0.25) is 0 Å². The highest BCUT2D eigenvalue weighted by Gasteiger charge is 2.18. The van der Waals surface area contributed by atoms with Crippen LogP contribution in [0.15, 0.2) is 18.2 Å². The molecular formula is C12H15F2NO2S. The molecule has 0 saturated heterocycles. The van der Waals surface area contributed by atoms with Crippen LogP contribution in [-0.4, -0.2) is 35.2 Å². The zero-order valence-corrected chi connectivity index (χ0v) is 10.9. The van der Waals surface area contributed by atoms with Crippen molar-refractivity contribution in [3.8, 4) is 0 Å². The molecule has 1 amide bonds. The van der Waals surface area contributed by atoms with E-state index in [2.05, 4.69) is 5.32 Å². The summed E-state index contributed by atoms with van der Waals surface area (Å²) in [6.07, 6.45) is 1.81. The lowest BCUT2D eigenvalue weighted by atomic mass is 10.1. The minimum atomic E-state index is -0.795. The lowest BCUT2D eigenvalue weighted by Crippen LogP contribution is -2.41. The summed E-state index contributed by atoms with van der Waals surface area (Å²) in [7, 11) is 0. The smallest absolute Gasteiger partial charge is 0.251 e. The molecule has 0 aromatic heterocycles. The van der Waals surface area contributed by atoms with Crippen LogP contribution in [0.3, 0.4) is 0 Å². The summed E-state index contributed by atoms with van der Waals surface area (Å²) in [5, 5.41) is 11.5. The summed E-state index contributed by atoms with van der Waals surface area (Å²) in [6.45, 7) is 1.64. The molecule has 1 aromatic rings. The Morgan fingerprint density at radius 3 is 2.39 bits per heavy atom. The molecule has 6 heteroatoms. The first kappa shape index (κ1) is 14.9. The second-order valence-electron chi connectivity index (χ2n) is 3.88. The highest BCUT2D eigenvalue weighted by Crippen LogP contribution is 2.12. The summed E-state index contributed by atoms with van der Waals surface area (Å²) in [4.78, 5) is 11.8. The van der Waals surface area contributed by atoms with Gasteiger partial charge in [0.25, 0.3) is 5.91 Å². The van der Waals surface area contributed by atoms with Crippen LogP contribution in [0.25, 0.3) is 0 Å². The number of nitrogens with one attached hydrogen (secondary N) is 1. The van der Waals surface area contributed by atoms with Crippen LogP contribution in [0.1, 0.15) is 17.3 Å². The van der Waals surface area contributed by atoms with Crippen LogP contribution < -0.4 is 5.32 Å². The van der Waals surface area contributed by atoms with E-state index < -0.39 is 17.5 Å². The minimum Gasteiger partial charge on any atom is -0.395 e. The van der Waals surface area contributed by atoms with E-state index in [1.807, 2.05) is 6.26 Å². The summed E-state index contributed by atoms with van der Waals surface area (Å²) in [6, 6.07) is 2.35. The number of carbonyl (C=O) groups is 1. The predicted molar refractivity (Wildman–Crippen MR) is 67.7 cm³/mol. The number of amides is 1. The highest BCUT2D eigenvalue weighted by molar-refractivity contribution is 7.99. The molecule has 0 radical (unpaired) electrons. The molecule has 1 rings (SSSR count). The molecule has 2 atom stereocenters. The number of hydrogen-bond donors (Lipinski definition) is 2. The van der Waals surface area contributed by atoms with Gasteiger partial charge in [-0.2, -0.15) is 11.8 Å². The van der Waals surface area contributed by atoms with E-state index in [0.29, 0.717) is 6.07 Å². The molecule has 0 heterocycles. The molecule has 0 saturated carbocycles. The maximum atomic E-state index is 13.0. The number of hydrogen-bond acceptors (Lipinski definition) is 3. The second kappa shape index (κ2) is 6.70. The average molecular weight is 275 g/mol. The van der Waals surface area contributed by atoms with E-state index in [0.717, 1.165) is 12.1 Å². The largest absolute Gasteiger partial charge is 0.395 e. The van der Waals surface area contributed by atoms with Gasteiger partial charge in [-0.25, -0.2) is 8.78 Å². The molecule has 0 spiro atoms. The van der Waals surface area contributed by atoms with Gasteiger partial charge in [-0.15, -0.1) is 0 Å². The molecule has 0 bridgehead atoms. The summed E-state index contributed by atoms with van der Waals surface area (Å²) >= 11 is 1.41. The molecule has 18 heavy (non-hydrogen) atoms. The Kier molecular flexibility index (Phi) is 5.55. The maximum absolute atomic E-state index is 13.0. The fourth-order valence-electron chi connectivity index (χ4n) is 1.50. The zero-order valence-electron chi connectivity index (χ0n) is 10.1. The van der Waals surface area contributed by atoms with Crippen LogP contribution in [0, 0.1) is 11.6 Å². The first-order valence-electron chi connectivity index (χ1n) is 5.38. The van der Waals surface area contributed by atoms with Gasteiger partial charge >= 0.3 is 0 Å². The number of aliphatic hydroxyl groups is 1. The van der Waals surface area contributed by atoms with Gasteiger partial charge in [-0.1, -0.05) is 0 Å². The number of carbonyl (C=O) groups excluding carboxylic acids is 1. The van der Waals surface area contributed by atoms with Gasteiger partial charge in [-0.3, -0.25) is 4.79 Å². The van der Waals surface area contributed by atoms with Crippen molar-refractivity contribution in [3.63, 3.8) is 0 Å². The normalized spacial score (nSPS) is 14.1. The van der Waals surface area contributed by atoms with Crippen molar-refractivity contribution in [3.05, 3.63) is 35.4 Å². The van der Waals surface area contributed by atoms with Crippen molar-refractivity contribution in [1.82, 2.24) is 5.32 Å². The summed E-state index contributed by atoms with van der Waals surface area (Å²) < 4.78 is 25.9. The van der Waals surface area contributed by atoms with Gasteiger partial charge in [0.2, 0.25) is 0 Å².